The molecule has 2 heterocycles. The first-order valence-corrected chi connectivity index (χ1v) is 19.9. The third-order valence-electron chi connectivity index (χ3n) is 7.77. The SMILES string of the molecule is CC(C)(C)N=C(NC(=O)C(C)(C)C)C(C)(C)C.CC(C)(C)NC(NC(=O)C(C)(C)C)C(C)(C)C.CC(C)(C)c1ccc(=O)[nH]c1.CC(C)(C)c1ccc(=O)[nH]c1. The number of nitrogens with one attached hydrogen (secondary N) is 5. The second kappa shape index (κ2) is 20.2. The number of hydrogen-bond donors (Lipinski definition) is 5. The third kappa shape index (κ3) is 24.9. The van der Waals surface area contributed by atoms with Gasteiger partial charge in [-0.1, -0.05) is 137 Å². The average molecular weight is 785 g/mol. The number of pyridine rings is 2. The van der Waals surface area contributed by atoms with Crippen LogP contribution in [0.2, 0.25) is 0 Å². The second-order valence-corrected chi connectivity index (χ2v) is 22.9. The maximum absolute atomic E-state index is 12.1. The van der Waals surface area contributed by atoms with E-state index in [1.807, 2.05) is 74.4 Å². The Morgan fingerprint density at radius 1 is 0.536 bits per heavy atom. The van der Waals surface area contributed by atoms with E-state index in [1.54, 1.807) is 24.5 Å². The molecule has 0 aromatic carbocycles. The fourth-order valence-corrected chi connectivity index (χ4v) is 4.02. The number of carbonyl (C=O) groups is 2. The van der Waals surface area contributed by atoms with Gasteiger partial charge in [0.15, 0.2) is 0 Å². The Morgan fingerprint density at radius 3 is 1.11 bits per heavy atom. The van der Waals surface area contributed by atoms with Crippen LogP contribution in [0.25, 0.3) is 0 Å². The molecule has 2 amide bonds. The first-order valence-electron chi connectivity index (χ1n) is 19.9. The monoisotopic (exact) mass is 785 g/mol. The summed E-state index contributed by atoms with van der Waals surface area (Å²) in [6, 6.07) is 6.83. The number of rotatable bonds is 2. The van der Waals surface area contributed by atoms with Gasteiger partial charge in [0.25, 0.3) is 0 Å². The lowest BCUT2D eigenvalue weighted by molar-refractivity contribution is -0.130. The van der Waals surface area contributed by atoms with Crippen LogP contribution in [0.3, 0.4) is 0 Å². The normalized spacial score (nSPS) is 13.8. The highest BCUT2D eigenvalue weighted by molar-refractivity contribution is 6.02. The molecule has 2 rings (SSSR count). The van der Waals surface area contributed by atoms with Crippen LogP contribution in [0.5, 0.6) is 0 Å². The molecule has 2 aromatic heterocycles. The topological polar surface area (TPSA) is 148 Å². The Labute approximate surface area is 341 Å². The van der Waals surface area contributed by atoms with Crippen LogP contribution in [0.4, 0.5) is 0 Å². The molecule has 0 fully saturated rings. The van der Waals surface area contributed by atoms with E-state index in [1.165, 1.54) is 0 Å². The predicted octanol–water partition coefficient (Wildman–Crippen LogP) is 9.65. The Bertz CT molecular complexity index is 1560. The molecule has 56 heavy (non-hydrogen) atoms. The van der Waals surface area contributed by atoms with Gasteiger partial charge in [-0.2, -0.15) is 0 Å². The molecule has 0 aliphatic rings. The molecule has 322 valence electrons. The summed E-state index contributed by atoms with van der Waals surface area (Å²) >= 11 is 0. The number of hydrogen-bond acceptors (Lipinski definition) is 6. The van der Waals surface area contributed by atoms with Crippen molar-refractivity contribution in [1.29, 1.82) is 0 Å². The number of aromatic amines is 2. The van der Waals surface area contributed by atoms with E-state index in [2.05, 4.69) is 135 Å². The summed E-state index contributed by atoms with van der Waals surface area (Å²) in [4.78, 5) is 55.4. The molecular weight excluding hydrogens is 701 g/mol. The van der Waals surface area contributed by atoms with Crippen molar-refractivity contribution in [3.63, 3.8) is 0 Å². The van der Waals surface area contributed by atoms with Crippen molar-refractivity contribution in [2.75, 3.05) is 0 Å². The smallest absolute Gasteiger partial charge is 0.247 e. The van der Waals surface area contributed by atoms with Crippen molar-refractivity contribution in [2.24, 2.45) is 26.7 Å². The zero-order valence-corrected chi connectivity index (χ0v) is 40.1. The summed E-state index contributed by atoms with van der Waals surface area (Å²) in [6.07, 6.45) is 3.50. The summed E-state index contributed by atoms with van der Waals surface area (Å²) in [5.41, 5.74) is 1.30. The van der Waals surface area contributed by atoms with Gasteiger partial charge in [-0.15, -0.1) is 0 Å². The number of H-pyrrole nitrogens is 2. The van der Waals surface area contributed by atoms with Crippen LogP contribution in [0.15, 0.2) is 51.2 Å². The van der Waals surface area contributed by atoms with E-state index in [0.717, 1.165) is 17.0 Å². The van der Waals surface area contributed by atoms with Crippen LogP contribution in [-0.2, 0) is 20.4 Å². The summed E-state index contributed by atoms with van der Waals surface area (Å²) < 4.78 is 0. The van der Waals surface area contributed by atoms with Gasteiger partial charge in [-0.3, -0.25) is 29.5 Å². The van der Waals surface area contributed by atoms with Crippen LogP contribution >= 0.6 is 0 Å². The molecule has 0 spiro atoms. The predicted molar refractivity (Wildman–Crippen MR) is 239 cm³/mol. The van der Waals surface area contributed by atoms with Crippen LogP contribution in [0.1, 0.15) is 177 Å². The standard InChI is InChI=1S/C14H30N2O.C14H28N2O.2C9H13NO/c2*1-12(2,3)10(16-14(7,8)9)15-11(17)13(4,5)6;2*1-9(2,3)7-4-5-8(11)10-6-7/h10,16H,1-9H3,(H,15,17);1-9H3,(H,15,16,17);2*4-6H,1-3H3,(H,10,11). The maximum Gasteiger partial charge on any atom is 0.247 e. The summed E-state index contributed by atoms with van der Waals surface area (Å²) in [6.45, 7) is 49.1. The molecule has 0 bridgehead atoms. The Kier molecular flexibility index (Phi) is 19.7. The van der Waals surface area contributed by atoms with E-state index >= 15 is 0 Å². The van der Waals surface area contributed by atoms with Gasteiger partial charge in [-0.25, -0.2) is 0 Å². The van der Waals surface area contributed by atoms with Gasteiger partial charge >= 0.3 is 0 Å². The van der Waals surface area contributed by atoms with Gasteiger partial charge in [0.1, 0.15) is 5.84 Å². The van der Waals surface area contributed by atoms with E-state index in [9.17, 15) is 19.2 Å². The number of amides is 2. The summed E-state index contributed by atoms with van der Waals surface area (Å²) in [7, 11) is 0. The molecular formula is C46H84N6O4. The molecule has 0 aliphatic heterocycles. The molecule has 0 saturated carbocycles. The lowest BCUT2D eigenvalue weighted by Gasteiger charge is -2.39. The molecule has 5 N–H and O–H groups in total. The van der Waals surface area contributed by atoms with E-state index in [0.29, 0.717) is 0 Å². The quantitative estimate of drug-likeness (QED) is 0.117. The van der Waals surface area contributed by atoms with Gasteiger partial charge in [0.05, 0.1) is 11.7 Å². The fraction of sp³-hybridized carbons (Fsp3) is 0.717. The first-order chi connectivity index (χ1) is 24.5. The fourth-order valence-electron chi connectivity index (χ4n) is 4.02. The molecule has 0 radical (unpaired) electrons. The molecule has 2 aromatic rings. The summed E-state index contributed by atoms with van der Waals surface area (Å²) in [5, 5.41) is 9.54. The Balaban J connectivity index is 0. The lowest BCUT2D eigenvalue weighted by Crippen LogP contribution is -2.60. The zero-order chi connectivity index (χ0) is 45.1. The second-order valence-electron chi connectivity index (χ2n) is 22.9. The van der Waals surface area contributed by atoms with Crippen molar-refractivity contribution < 1.29 is 9.59 Å². The van der Waals surface area contributed by atoms with E-state index < -0.39 is 5.41 Å². The minimum Gasteiger partial charge on any atom is -0.340 e. The average Bonchev–Trinajstić information content (AvgIpc) is 2.93. The minimum absolute atomic E-state index is 0.00965. The van der Waals surface area contributed by atoms with Gasteiger partial charge < -0.3 is 20.6 Å². The highest BCUT2D eigenvalue weighted by Crippen LogP contribution is 2.24. The molecule has 0 saturated heterocycles. The molecule has 0 aliphatic carbocycles. The summed E-state index contributed by atoms with van der Waals surface area (Å²) in [5.74, 6) is 0.842. The van der Waals surface area contributed by atoms with Crippen LogP contribution < -0.4 is 27.1 Å². The molecule has 1 atom stereocenters. The van der Waals surface area contributed by atoms with Gasteiger partial charge in [0, 0.05) is 46.3 Å². The highest BCUT2D eigenvalue weighted by Gasteiger charge is 2.33. The number of aliphatic imine (C=N–C) groups is 1. The maximum atomic E-state index is 12.1. The largest absolute Gasteiger partial charge is 0.340 e. The van der Waals surface area contributed by atoms with Gasteiger partial charge in [0.2, 0.25) is 22.9 Å². The van der Waals surface area contributed by atoms with Crippen molar-refractivity contribution in [1.82, 2.24) is 25.9 Å². The number of carbonyl (C=O) groups excluding carboxylic acids is 2. The number of amidine groups is 1. The third-order valence-corrected chi connectivity index (χ3v) is 7.77. The first kappa shape index (κ1) is 54.6. The van der Waals surface area contributed by atoms with Crippen LogP contribution in [0, 0.1) is 21.7 Å². The van der Waals surface area contributed by atoms with Crippen molar-refractivity contribution in [3.05, 3.63) is 68.5 Å². The number of aromatic nitrogens is 2. The Morgan fingerprint density at radius 2 is 0.893 bits per heavy atom. The van der Waals surface area contributed by atoms with E-state index in [-0.39, 0.29) is 67.3 Å². The van der Waals surface area contributed by atoms with E-state index in [4.69, 9.17) is 0 Å². The zero-order valence-electron chi connectivity index (χ0n) is 40.1. The van der Waals surface area contributed by atoms with Gasteiger partial charge in [-0.05, 0) is 68.9 Å². The number of nitrogens with zero attached hydrogens (tertiary/aromatic N) is 1. The van der Waals surface area contributed by atoms with Crippen molar-refractivity contribution in [2.45, 2.75) is 194 Å². The Hall–Kier alpha value is -3.53. The molecule has 10 heteroatoms. The minimum atomic E-state index is -0.399. The molecule has 10 nitrogen and oxygen atoms in total. The lowest BCUT2D eigenvalue weighted by atomic mass is 9.88. The van der Waals surface area contributed by atoms with Crippen molar-refractivity contribution >= 4 is 17.6 Å². The van der Waals surface area contributed by atoms with Crippen LogP contribution in [-0.4, -0.2) is 44.9 Å². The van der Waals surface area contributed by atoms with Crippen molar-refractivity contribution in [3.8, 4) is 0 Å². The highest BCUT2D eigenvalue weighted by atomic mass is 16.2. The molecule has 1 unspecified atom stereocenters.